The molecule has 2 rings (SSSR count). The van der Waals surface area contributed by atoms with Gasteiger partial charge in [-0.3, -0.25) is 0 Å². The van der Waals surface area contributed by atoms with Crippen LogP contribution in [0, 0.1) is 5.82 Å². The van der Waals surface area contributed by atoms with Crippen LogP contribution >= 0.6 is 0 Å². The molecule has 0 radical (unpaired) electrons. The minimum atomic E-state index is -3.11. The number of ether oxygens (including phenoxy) is 1. The van der Waals surface area contributed by atoms with E-state index in [-0.39, 0.29) is 24.3 Å². The van der Waals surface area contributed by atoms with E-state index in [4.69, 9.17) is 4.74 Å². The van der Waals surface area contributed by atoms with Crippen LogP contribution in [0.1, 0.15) is 12.5 Å². The molecule has 18 heavy (non-hydrogen) atoms. The summed E-state index contributed by atoms with van der Waals surface area (Å²) in [5.41, 5.74) is 0.495. The largest absolute Gasteiger partial charge is 0.371 e. The Morgan fingerprint density at radius 3 is 2.67 bits per heavy atom. The van der Waals surface area contributed by atoms with Gasteiger partial charge >= 0.3 is 0 Å². The van der Waals surface area contributed by atoms with E-state index in [1.54, 1.807) is 25.1 Å². The zero-order valence-electron chi connectivity index (χ0n) is 10.2. The molecule has 1 aromatic carbocycles. The number of nitrogens with zero attached hydrogens (tertiary/aromatic N) is 1. The van der Waals surface area contributed by atoms with Gasteiger partial charge in [-0.1, -0.05) is 18.2 Å². The maximum Gasteiger partial charge on any atom is 0.214 e. The Balaban J connectivity index is 1.80. The van der Waals surface area contributed by atoms with Crippen molar-refractivity contribution < 1.29 is 17.5 Å². The van der Waals surface area contributed by atoms with E-state index in [1.165, 1.54) is 10.4 Å². The Labute approximate surface area is 106 Å². The van der Waals surface area contributed by atoms with Gasteiger partial charge in [-0.15, -0.1) is 0 Å². The van der Waals surface area contributed by atoms with Crippen LogP contribution in [-0.2, 0) is 21.4 Å². The number of halogens is 1. The second-order valence-electron chi connectivity index (χ2n) is 4.24. The first-order valence-electron chi connectivity index (χ1n) is 5.85. The van der Waals surface area contributed by atoms with Crippen LogP contribution in [0.25, 0.3) is 0 Å². The molecule has 0 unspecified atom stereocenters. The summed E-state index contributed by atoms with van der Waals surface area (Å²) >= 11 is 0. The fraction of sp³-hybridized carbons (Fsp3) is 0.500. The van der Waals surface area contributed by atoms with Crippen molar-refractivity contribution in [1.29, 1.82) is 0 Å². The molecule has 1 aliphatic heterocycles. The molecule has 4 nitrogen and oxygen atoms in total. The van der Waals surface area contributed by atoms with Crippen molar-refractivity contribution in [2.75, 3.05) is 18.8 Å². The zero-order valence-corrected chi connectivity index (χ0v) is 11.0. The van der Waals surface area contributed by atoms with Gasteiger partial charge < -0.3 is 4.74 Å². The first kappa shape index (κ1) is 13.5. The average molecular weight is 273 g/mol. The molecule has 1 heterocycles. The molecule has 100 valence electrons. The van der Waals surface area contributed by atoms with Crippen molar-refractivity contribution in [1.82, 2.24) is 4.31 Å². The smallest absolute Gasteiger partial charge is 0.214 e. The summed E-state index contributed by atoms with van der Waals surface area (Å²) in [5.74, 6) is -0.192. The number of hydrogen-bond acceptors (Lipinski definition) is 3. The third-order valence-corrected chi connectivity index (χ3v) is 4.82. The zero-order chi connectivity index (χ0) is 13.2. The van der Waals surface area contributed by atoms with E-state index in [2.05, 4.69) is 0 Å². The molecule has 0 aliphatic carbocycles. The Bertz CT molecular complexity index is 512. The van der Waals surface area contributed by atoms with E-state index in [0.29, 0.717) is 18.7 Å². The van der Waals surface area contributed by atoms with Crippen molar-refractivity contribution in [3.8, 4) is 0 Å². The minimum Gasteiger partial charge on any atom is -0.371 e. The van der Waals surface area contributed by atoms with Crippen LogP contribution in [0.5, 0.6) is 0 Å². The van der Waals surface area contributed by atoms with Crippen molar-refractivity contribution >= 4 is 10.0 Å². The first-order chi connectivity index (χ1) is 8.53. The molecule has 0 spiro atoms. The van der Waals surface area contributed by atoms with Gasteiger partial charge in [-0.05, 0) is 13.0 Å². The molecule has 0 aromatic heterocycles. The van der Waals surface area contributed by atoms with E-state index in [0.717, 1.165) is 0 Å². The van der Waals surface area contributed by atoms with Crippen LogP contribution in [-0.4, -0.2) is 37.7 Å². The summed E-state index contributed by atoms with van der Waals surface area (Å²) < 4.78 is 43.1. The predicted molar refractivity (Wildman–Crippen MR) is 66.0 cm³/mol. The van der Waals surface area contributed by atoms with Crippen LogP contribution in [0.3, 0.4) is 0 Å². The molecule has 0 saturated carbocycles. The van der Waals surface area contributed by atoms with Gasteiger partial charge in [0.2, 0.25) is 10.0 Å². The highest BCUT2D eigenvalue weighted by molar-refractivity contribution is 7.89. The molecule has 1 fully saturated rings. The Kier molecular flexibility index (Phi) is 3.99. The summed E-state index contributed by atoms with van der Waals surface area (Å²) in [7, 11) is -3.11. The quantitative estimate of drug-likeness (QED) is 0.814. The van der Waals surface area contributed by atoms with Crippen molar-refractivity contribution in [2.45, 2.75) is 19.6 Å². The summed E-state index contributed by atoms with van der Waals surface area (Å²) in [6.07, 6.45) is -0.133. The molecule has 0 N–H and O–H groups in total. The SMILES string of the molecule is CCS(=O)(=O)N1CC(OCc2ccccc2F)C1. The Morgan fingerprint density at radius 1 is 1.39 bits per heavy atom. The summed E-state index contributed by atoms with van der Waals surface area (Å²) in [6, 6.07) is 6.41. The van der Waals surface area contributed by atoms with Gasteiger partial charge in [0.15, 0.2) is 0 Å². The molecule has 0 amide bonds. The van der Waals surface area contributed by atoms with Gasteiger partial charge in [0.25, 0.3) is 0 Å². The molecule has 1 saturated heterocycles. The topological polar surface area (TPSA) is 46.6 Å². The average Bonchev–Trinajstić information content (AvgIpc) is 2.29. The number of hydrogen-bond donors (Lipinski definition) is 0. The highest BCUT2D eigenvalue weighted by atomic mass is 32.2. The summed E-state index contributed by atoms with van der Waals surface area (Å²) in [5, 5.41) is 0. The van der Waals surface area contributed by atoms with Gasteiger partial charge in [0.1, 0.15) is 5.82 Å². The van der Waals surface area contributed by atoms with Crippen molar-refractivity contribution in [3.05, 3.63) is 35.6 Å². The van der Waals surface area contributed by atoms with Crippen LogP contribution in [0.15, 0.2) is 24.3 Å². The number of sulfonamides is 1. The standard InChI is InChI=1S/C12H16FNO3S/c1-2-18(15,16)14-7-11(8-14)17-9-10-5-3-4-6-12(10)13/h3-6,11H,2,7-9H2,1H3. The maximum absolute atomic E-state index is 13.3. The summed E-state index contributed by atoms with van der Waals surface area (Å²) in [6.45, 7) is 2.52. The van der Waals surface area contributed by atoms with E-state index in [1.807, 2.05) is 0 Å². The van der Waals surface area contributed by atoms with E-state index < -0.39 is 10.0 Å². The van der Waals surface area contributed by atoms with Crippen LogP contribution < -0.4 is 0 Å². The number of benzene rings is 1. The second-order valence-corrected chi connectivity index (χ2v) is 6.50. The lowest BCUT2D eigenvalue weighted by Crippen LogP contribution is -2.54. The molecule has 1 aliphatic rings. The highest BCUT2D eigenvalue weighted by Crippen LogP contribution is 2.18. The molecular formula is C12H16FNO3S. The van der Waals surface area contributed by atoms with Crippen molar-refractivity contribution in [3.63, 3.8) is 0 Å². The fourth-order valence-electron chi connectivity index (χ4n) is 1.74. The summed E-state index contributed by atoms with van der Waals surface area (Å²) in [4.78, 5) is 0. The monoisotopic (exact) mass is 273 g/mol. The minimum absolute atomic E-state index is 0.104. The molecule has 6 heteroatoms. The number of rotatable bonds is 5. The van der Waals surface area contributed by atoms with Crippen LogP contribution in [0.2, 0.25) is 0 Å². The molecule has 1 aromatic rings. The predicted octanol–water partition coefficient (Wildman–Crippen LogP) is 1.38. The molecule has 0 bridgehead atoms. The van der Waals surface area contributed by atoms with Gasteiger partial charge in [-0.25, -0.2) is 12.8 Å². The van der Waals surface area contributed by atoms with Gasteiger partial charge in [-0.2, -0.15) is 4.31 Å². The van der Waals surface area contributed by atoms with Gasteiger partial charge in [0, 0.05) is 18.7 Å². The second kappa shape index (κ2) is 5.34. The Morgan fingerprint density at radius 2 is 2.06 bits per heavy atom. The third kappa shape index (κ3) is 2.88. The highest BCUT2D eigenvalue weighted by Gasteiger charge is 2.35. The lowest BCUT2D eigenvalue weighted by atomic mass is 10.2. The third-order valence-electron chi connectivity index (χ3n) is 3.01. The fourth-order valence-corrected chi connectivity index (χ4v) is 2.89. The first-order valence-corrected chi connectivity index (χ1v) is 7.46. The lowest BCUT2D eigenvalue weighted by molar-refractivity contribution is -0.0304. The molecular weight excluding hydrogens is 257 g/mol. The maximum atomic E-state index is 13.3. The lowest BCUT2D eigenvalue weighted by Gasteiger charge is -2.37. The van der Waals surface area contributed by atoms with Crippen LogP contribution in [0.4, 0.5) is 4.39 Å². The molecule has 0 atom stereocenters. The van der Waals surface area contributed by atoms with Crippen molar-refractivity contribution in [2.24, 2.45) is 0 Å². The van der Waals surface area contributed by atoms with E-state index >= 15 is 0 Å². The normalized spacial score (nSPS) is 17.7. The van der Waals surface area contributed by atoms with Gasteiger partial charge in [0.05, 0.1) is 18.5 Å². The van der Waals surface area contributed by atoms with E-state index in [9.17, 15) is 12.8 Å². The Hall–Kier alpha value is -0.980.